The van der Waals surface area contributed by atoms with Crippen molar-refractivity contribution in [2.45, 2.75) is 70.7 Å². The lowest BCUT2D eigenvalue weighted by Crippen LogP contribution is -2.54. The van der Waals surface area contributed by atoms with Gasteiger partial charge in [0.05, 0.1) is 12.6 Å². The highest BCUT2D eigenvalue weighted by atomic mass is 16.6. The summed E-state index contributed by atoms with van der Waals surface area (Å²) < 4.78 is 11.4. The molecule has 0 aliphatic carbocycles. The molecule has 164 valence electrons. The fourth-order valence-electron chi connectivity index (χ4n) is 4.34. The van der Waals surface area contributed by atoms with Crippen molar-refractivity contribution in [3.05, 3.63) is 48.0 Å². The van der Waals surface area contributed by atoms with Crippen molar-refractivity contribution >= 4 is 12.0 Å². The molecule has 2 aliphatic rings. The highest BCUT2D eigenvalue weighted by Gasteiger charge is 2.39. The van der Waals surface area contributed by atoms with Gasteiger partial charge in [0, 0.05) is 24.9 Å². The van der Waals surface area contributed by atoms with E-state index in [1.165, 1.54) is 5.56 Å². The molecule has 0 aromatic heterocycles. The molecule has 2 heterocycles. The fraction of sp³-hybridized carbons (Fsp3) is 0.583. The number of ether oxygens (including phenoxy) is 2. The first kappa shape index (κ1) is 22.3. The number of hydrogen-bond donors (Lipinski definition) is 1. The van der Waals surface area contributed by atoms with Gasteiger partial charge in [0.15, 0.2) is 0 Å². The first-order valence-electron chi connectivity index (χ1n) is 10.9. The van der Waals surface area contributed by atoms with E-state index in [4.69, 9.17) is 9.47 Å². The van der Waals surface area contributed by atoms with Crippen LogP contribution < -0.4 is 5.32 Å². The minimum absolute atomic E-state index is 0.0417. The summed E-state index contributed by atoms with van der Waals surface area (Å²) in [5.74, 6) is 0.110. The van der Waals surface area contributed by atoms with Crippen LogP contribution in [0.5, 0.6) is 0 Å². The zero-order chi connectivity index (χ0) is 21.9. The molecule has 2 amide bonds. The summed E-state index contributed by atoms with van der Waals surface area (Å²) in [6.45, 7) is 12.6. The highest BCUT2D eigenvalue weighted by Crippen LogP contribution is 2.33. The lowest BCUT2D eigenvalue weighted by Gasteiger charge is -2.41. The van der Waals surface area contributed by atoms with Crippen LogP contribution in [0.2, 0.25) is 0 Å². The number of fused-ring (bicyclic) bond motifs is 1. The van der Waals surface area contributed by atoms with Crippen molar-refractivity contribution in [1.29, 1.82) is 0 Å². The van der Waals surface area contributed by atoms with Crippen LogP contribution in [-0.4, -0.2) is 47.8 Å². The van der Waals surface area contributed by atoms with Crippen LogP contribution in [-0.2, 0) is 20.7 Å². The van der Waals surface area contributed by atoms with Crippen LogP contribution in [0.4, 0.5) is 4.79 Å². The monoisotopic (exact) mass is 414 g/mol. The van der Waals surface area contributed by atoms with Crippen molar-refractivity contribution < 1.29 is 19.1 Å². The molecule has 0 radical (unpaired) electrons. The quantitative estimate of drug-likeness (QED) is 0.756. The molecule has 1 fully saturated rings. The van der Waals surface area contributed by atoms with Crippen LogP contribution >= 0.6 is 0 Å². The van der Waals surface area contributed by atoms with Crippen LogP contribution in [0.15, 0.2) is 36.9 Å². The third kappa shape index (κ3) is 5.04. The van der Waals surface area contributed by atoms with Crippen molar-refractivity contribution in [3.63, 3.8) is 0 Å². The molecule has 2 aliphatic heterocycles. The number of carbonyl (C=O) groups is 2. The summed E-state index contributed by atoms with van der Waals surface area (Å²) >= 11 is 0. The second-order valence-electron chi connectivity index (χ2n) is 9.14. The second kappa shape index (κ2) is 9.21. The van der Waals surface area contributed by atoms with E-state index in [2.05, 4.69) is 31.0 Å². The topological polar surface area (TPSA) is 67.9 Å². The van der Waals surface area contributed by atoms with Gasteiger partial charge < -0.3 is 19.7 Å². The van der Waals surface area contributed by atoms with Crippen LogP contribution in [0, 0.1) is 5.92 Å². The van der Waals surface area contributed by atoms with Gasteiger partial charge in [0.1, 0.15) is 11.7 Å². The van der Waals surface area contributed by atoms with Gasteiger partial charge in [0.25, 0.3) is 5.91 Å². The van der Waals surface area contributed by atoms with E-state index in [0.29, 0.717) is 19.6 Å². The Bertz CT molecular complexity index is 786. The summed E-state index contributed by atoms with van der Waals surface area (Å²) in [5.41, 5.74) is 1.81. The summed E-state index contributed by atoms with van der Waals surface area (Å²) in [7, 11) is 0. The van der Waals surface area contributed by atoms with E-state index >= 15 is 0 Å². The van der Waals surface area contributed by atoms with Crippen molar-refractivity contribution in [2.75, 3.05) is 13.2 Å². The largest absolute Gasteiger partial charge is 0.444 e. The molecule has 30 heavy (non-hydrogen) atoms. The maximum absolute atomic E-state index is 13.4. The predicted octanol–water partition coefficient (Wildman–Crippen LogP) is 4.01. The van der Waals surface area contributed by atoms with Crippen molar-refractivity contribution in [3.8, 4) is 0 Å². The lowest BCUT2D eigenvalue weighted by atomic mass is 9.88. The average molecular weight is 415 g/mol. The molecule has 0 spiro atoms. The first-order chi connectivity index (χ1) is 14.2. The van der Waals surface area contributed by atoms with Crippen LogP contribution in [0.25, 0.3) is 0 Å². The number of hydrogen-bond acceptors (Lipinski definition) is 4. The Hall–Kier alpha value is -2.34. The van der Waals surface area contributed by atoms with E-state index in [1.807, 2.05) is 43.9 Å². The van der Waals surface area contributed by atoms with Gasteiger partial charge in [-0.1, -0.05) is 37.3 Å². The first-order valence-corrected chi connectivity index (χ1v) is 10.9. The van der Waals surface area contributed by atoms with Gasteiger partial charge in [-0.25, -0.2) is 4.79 Å². The number of nitrogens with one attached hydrogen (secondary N) is 1. The van der Waals surface area contributed by atoms with E-state index in [0.717, 1.165) is 18.4 Å². The van der Waals surface area contributed by atoms with Gasteiger partial charge in [-0.3, -0.25) is 4.79 Å². The molecule has 1 unspecified atom stereocenters. The Labute approximate surface area is 179 Å². The number of carbonyl (C=O) groups excluding carboxylic acids is 2. The van der Waals surface area contributed by atoms with Gasteiger partial charge in [-0.15, -0.1) is 6.58 Å². The Balaban J connectivity index is 1.71. The Morgan fingerprint density at radius 3 is 2.73 bits per heavy atom. The molecule has 0 saturated carbocycles. The van der Waals surface area contributed by atoms with Gasteiger partial charge >= 0.3 is 6.09 Å². The second-order valence-corrected chi connectivity index (χ2v) is 9.14. The number of alkyl carbamates (subject to hydrolysis) is 1. The highest BCUT2D eigenvalue weighted by molar-refractivity contribution is 5.82. The number of nitrogens with zero attached hydrogens (tertiary/aromatic N) is 1. The zero-order valence-corrected chi connectivity index (χ0v) is 18.5. The summed E-state index contributed by atoms with van der Waals surface area (Å²) in [4.78, 5) is 27.6. The molecule has 0 bridgehead atoms. The third-order valence-corrected chi connectivity index (χ3v) is 5.89. The van der Waals surface area contributed by atoms with E-state index in [9.17, 15) is 9.59 Å². The Kier molecular flexibility index (Phi) is 6.86. The van der Waals surface area contributed by atoms with Gasteiger partial charge in [-0.05, 0) is 44.7 Å². The Morgan fingerprint density at radius 1 is 1.33 bits per heavy atom. The summed E-state index contributed by atoms with van der Waals surface area (Å²) in [5, 5.41) is 2.97. The van der Waals surface area contributed by atoms with E-state index < -0.39 is 17.8 Å². The maximum atomic E-state index is 13.4. The number of amides is 2. The fourth-order valence-corrected chi connectivity index (χ4v) is 4.34. The molecular weight excluding hydrogens is 380 g/mol. The van der Waals surface area contributed by atoms with Gasteiger partial charge in [-0.2, -0.15) is 0 Å². The minimum Gasteiger partial charge on any atom is -0.444 e. The molecule has 3 rings (SSSR count). The number of rotatable bonds is 4. The molecule has 4 atom stereocenters. The lowest BCUT2D eigenvalue weighted by molar-refractivity contribution is -0.152. The molecule has 1 aromatic carbocycles. The Morgan fingerprint density at radius 2 is 2.07 bits per heavy atom. The number of benzene rings is 1. The standard InChI is InChI=1S/C24H34N2O4/c1-6-16-15-29-21(14-19(16)25-23(28)30-24(3,4)5)22(27)26-13-12-17-10-8-9-11-18(17)20(26)7-2/h7-11,16,19-21H,2,6,12-15H2,1,3-5H3,(H,25,28)/t16?,19-,20-,21+/m0/s1. The van der Waals surface area contributed by atoms with Crippen LogP contribution in [0.3, 0.4) is 0 Å². The SMILES string of the molecule is C=C[C@H]1c2ccccc2CCN1C(=O)[C@H]1C[C@H](NC(=O)OC(C)(C)C)C(CC)CO1. The third-order valence-electron chi connectivity index (χ3n) is 5.89. The van der Waals surface area contributed by atoms with E-state index in [-0.39, 0.29) is 23.9 Å². The molecule has 6 heteroatoms. The summed E-state index contributed by atoms with van der Waals surface area (Å²) in [6.07, 6.45) is 2.90. The molecule has 1 saturated heterocycles. The molecule has 1 N–H and O–H groups in total. The molecular formula is C24H34N2O4. The normalized spacial score (nSPS) is 26.5. The summed E-state index contributed by atoms with van der Waals surface area (Å²) in [6, 6.07) is 7.87. The van der Waals surface area contributed by atoms with E-state index in [1.54, 1.807) is 0 Å². The van der Waals surface area contributed by atoms with Crippen molar-refractivity contribution in [1.82, 2.24) is 10.2 Å². The maximum Gasteiger partial charge on any atom is 0.407 e. The molecule has 1 aromatic rings. The smallest absolute Gasteiger partial charge is 0.407 e. The van der Waals surface area contributed by atoms with Crippen LogP contribution in [0.1, 0.15) is 57.7 Å². The molecule has 6 nitrogen and oxygen atoms in total. The predicted molar refractivity (Wildman–Crippen MR) is 116 cm³/mol. The van der Waals surface area contributed by atoms with Gasteiger partial charge in [0.2, 0.25) is 0 Å². The minimum atomic E-state index is -0.583. The zero-order valence-electron chi connectivity index (χ0n) is 18.5. The van der Waals surface area contributed by atoms with Crippen molar-refractivity contribution in [2.24, 2.45) is 5.92 Å². The average Bonchev–Trinajstić information content (AvgIpc) is 2.70.